The Balaban J connectivity index is 2.30. The Kier molecular flexibility index (Phi) is 4.22. The number of carbonyl (C=O) groups excluding carboxylic acids is 1. The van der Waals surface area contributed by atoms with Gasteiger partial charge in [0.25, 0.3) is 5.91 Å². The van der Waals surface area contributed by atoms with Crippen LogP contribution in [-0.4, -0.2) is 39.4 Å². The lowest BCUT2D eigenvalue weighted by molar-refractivity contribution is 0.0675. The van der Waals surface area contributed by atoms with Gasteiger partial charge in [-0.1, -0.05) is 5.16 Å². The summed E-state index contributed by atoms with van der Waals surface area (Å²) < 4.78 is 0. The normalized spacial score (nSPS) is 20.0. The van der Waals surface area contributed by atoms with Gasteiger partial charge in [0, 0.05) is 12.2 Å². The first-order valence-corrected chi connectivity index (χ1v) is 6.77. The summed E-state index contributed by atoms with van der Waals surface area (Å²) in [4.78, 5) is 18.7. The number of amides is 1. The second-order valence-electron chi connectivity index (χ2n) is 5.12. The van der Waals surface area contributed by atoms with Crippen LogP contribution >= 0.6 is 0 Å². The third-order valence-corrected chi connectivity index (χ3v) is 3.68. The van der Waals surface area contributed by atoms with E-state index in [1.54, 1.807) is 11.0 Å². The molecule has 1 aromatic heterocycles. The molecule has 20 heavy (non-hydrogen) atoms. The number of likely N-dealkylation sites (tertiary alicyclic amines) is 1. The highest BCUT2D eigenvalue weighted by molar-refractivity contribution is 5.99. The van der Waals surface area contributed by atoms with Crippen LogP contribution in [0.4, 0.5) is 0 Å². The molecule has 1 atom stereocenters. The molecule has 1 aliphatic heterocycles. The quantitative estimate of drug-likeness (QED) is 0.370. The zero-order valence-electron chi connectivity index (χ0n) is 11.8. The minimum Gasteiger partial charge on any atom is -0.409 e. The fourth-order valence-corrected chi connectivity index (χ4v) is 2.62. The maximum Gasteiger partial charge on any atom is 0.256 e. The molecule has 0 aliphatic carbocycles. The summed E-state index contributed by atoms with van der Waals surface area (Å²) in [7, 11) is 0. The zero-order chi connectivity index (χ0) is 14.7. The van der Waals surface area contributed by atoms with Crippen LogP contribution in [0.1, 0.15) is 41.0 Å². The molecule has 0 saturated carbocycles. The van der Waals surface area contributed by atoms with E-state index in [0.29, 0.717) is 17.8 Å². The van der Waals surface area contributed by atoms with Gasteiger partial charge in [-0.3, -0.25) is 9.78 Å². The Labute approximate surface area is 118 Å². The van der Waals surface area contributed by atoms with Crippen LogP contribution < -0.4 is 5.73 Å². The molecular formula is C14H20N4O2. The number of aryl methyl sites for hydroxylation is 2. The lowest BCUT2D eigenvalue weighted by atomic mass is 9.99. The Morgan fingerprint density at radius 1 is 1.45 bits per heavy atom. The van der Waals surface area contributed by atoms with Gasteiger partial charge in [0.2, 0.25) is 0 Å². The van der Waals surface area contributed by atoms with E-state index in [1.165, 1.54) is 0 Å². The van der Waals surface area contributed by atoms with Crippen molar-refractivity contribution < 1.29 is 10.0 Å². The fourth-order valence-electron chi connectivity index (χ4n) is 2.62. The predicted octanol–water partition coefficient (Wildman–Crippen LogP) is 1.44. The Bertz CT molecular complexity index is 542. The number of hydrogen-bond donors (Lipinski definition) is 2. The third-order valence-electron chi connectivity index (χ3n) is 3.68. The zero-order valence-corrected chi connectivity index (χ0v) is 11.8. The second-order valence-corrected chi connectivity index (χ2v) is 5.12. The molecule has 1 saturated heterocycles. The molecule has 6 heteroatoms. The highest BCUT2D eigenvalue weighted by Gasteiger charge is 2.31. The molecule has 2 rings (SSSR count). The molecule has 0 spiro atoms. The molecule has 0 aromatic carbocycles. The Morgan fingerprint density at radius 2 is 2.20 bits per heavy atom. The SMILES string of the molecule is Cc1ccc(C(=O)N2CCCCC2C(N)=NO)c(C)n1. The smallest absolute Gasteiger partial charge is 0.256 e. The van der Waals surface area contributed by atoms with Gasteiger partial charge in [-0.25, -0.2) is 0 Å². The van der Waals surface area contributed by atoms with Crippen LogP contribution in [0.5, 0.6) is 0 Å². The van der Waals surface area contributed by atoms with Gasteiger partial charge in [-0.2, -0.15) is 0 Å². The number of oxime groups is 1. The van der Waals surface area contributed by atoms with Crippen LogP contribution in [0, 0.1) is 13.8 Å². The molecular weight excluding hydrogens is 256 g/mol. The number of piperidine rings is 1. The van der Waals surface area contributed by atoms with Crippen molar-refractivity contribution in [3.05, 3.63) is 29.1 Å². The summed E-state index contributed by atoms with van der Waals surface area (Å²) in [6.45, 7) is 4.33. The summed E-state index contributed by atoms with van der Waals surface area (Å²) in [6, 6.07) is 3.28. The summed E-state index contributed by atoms with van der Waals surface area (Å²) in [6.07, 6.45) is 2.62. The lowest BCUT2D eigenvalue weighted by Crippen LogP contribution is -2.50. The lowest BCUT2D eigenvalue weighted by Gasteiger charge is -2.35. The number of pyridine rings is 1. The molecule has 0 bridgehead atoms. The average molecular weight is 276 g/mol. The van der Waals surface area contributed by atoms with Crippen LogP contribution in [0.2, 0.25) is 0 Å². The van der Waals surface area contributed by atoms with Crippen molar-refractivity contribution in [1.82, 2.24) is 9.88 Å². The van der Waals surface area contributed by atoms with Crippen molar-refractivity contribution in [2.24, 2.45) is 10.9 Å². The molecule has 0 radical (unpaired) electrons. The van der Waals surface area contributed by atoms with Gasteiger partial charge < -0.3 is 15.8 Å². The van der Waals surface area contributed by atoms with Crippen molar-refractivity contribution in [3.63, 3.8) is 0 Å². The first kappa shape index (κ1) is 14.3. The van der Waals surface area contributed by atoms with Gasteiger partial charge in [-0.05, 0) is 45.2 Å². The van der Waals surface area contributed by atoms with E-state index in [9.17, 15) is 4.79 Å². The maximum atomic E-state index is 12.7. The third kappa shape index (κ3) is 2.74. The highest BCUT2D eigenvalue weighted by Crippen LogP contribution is 2.21. The first-order valence-electron chi connectivity index (χ1n) is 6.77. The fraction of sp³-hybridized carbons (Fsp3) is 0.500. The van der Waals surface area contributed by atoms with Crippen molar-refractivity contribution in [1.29, 1.82) is 0 Å². The number of nitrogens with two attached hydrogens (primary N) is 1. The minimum absolute atomic E-state index is 0.0933. The van der Waals surface area contributed by atoms with Crippen molar-refractivity contribution in [2.45, 2.75) is 39.2 Å². The molecule has 1 fully saturated rings. The van der Waals surface area contributed by atoms with Crippen molar-refractivity contribution in [3.8, 4) is 0 Å². The summed E-state index contributed by atoms with van der Waals surface area (Å²) in [5.41, 5.74) is 7.87. The highest BCUT2D eigenvalue weighted by atomic mass is 16.4. The first-order chi connectivity index (χ1) is 9.54. The van der Waals surface area contributed by atoms with Crippen molar-refractivity contribution >= 4 is 11.7 Å². The summed E-state index contributed by atoms with van der Waals surface area (Å²) >= 11 is 0. The monoisotopic (exact) mass is 276 g/mol. The second kappa shape index (κ2) is 5.90. The molecule has 3 N–H and O–H groups in total. The summed E-state index contributed by atoms with van der Waals surface area (Å²) in [5, 5.41) is 11.9. The van der Waals surface area contributed by atoms with E-state index in [-0.39, 0.29) is 17.8 Å². The van der Waals surface area contributed by atoms with Gasteiger partial charge in [0.15, 0.2) is 5.84 Å². The minimum atomic E-state index is -0.332. The van der Waals surface area contributed by atoms with Gasteiger partial charge >= 0.3 is 0 Å². The van der Waals surface area contributed by atoms with E-state index in [1.807, 2.05) is 19.9 Å². The van der Waals surface area contributed by atoms with Gasteiger partial charge in [0.05, 0.1) is 17.3 Å². The van der Waals surface area contributed by atoms with E-state index < -0.39 is 0 Å². The molecule has 6 nitrogen and oxygen atoms in total. The Morgan fingerprint density at radius 3 is 2.85 bits per heavy atom. The number of nitrogens with zero attached hydrogens (tertiary/aromatic N) is 3. The average Bonchev–Trinajstić information content (AvgIpc) is 2.46. The Hall–Kier alpha value is -2.11. The largest absolute Gasteiger partial charge is 0.409 e. The van der Waals surface area contributed by atoms with E-state index in [4.69, 9.17) is 10.9 Å². The van der Waals surface area contributed by atoms with Crippen LogP contribution in [0.15, 0.2) is 17.3 Å². The van der Waals surface area contributed by atoms with Gasteiger partial charge in [0.1, 0.15) is 0 Å². The number of amidine groups is 1. The van der Waals surface area contributed by atoms with E-state index in [2.05, 4.69) is 10.1 Å². The summed E-state index contributed by atoms with van der Waals surface area (Å²) in [5.74, 6) is -0.0120. The molecule has 1 aromatic rings. The number of carbonyl (C=O) groups is 1. The molecule has 1 unspecified atom stereocenters. The number of aromatic nitrogens is 1. The molecule has 108 valence electrons. The number of rotatable bonds is 2. The number of hydrogen-bond acceptors (Lipinski definition) is 4. The standard InChI is InChI=1S/C14H20N4O2/c1-9-6-7-11(10(2)16-9)14(19)18-8-4-3-5-12(18)13(15)17-20/h6-7,12,20H,3-5,8H2,1-2H3,(H2,15,17). The van der Waals surface area contributed by atoms with Crippen LogP contribution in [0.3, 0.4) is 0 Å². The predicted molar refractivity (Wildman–Crippen MR) is 75.8 cm³/mol. The van der Waals surface area contributed by atoms with Crippen molar-refractivity contribution in [2.75, 3.05) is 6.54 Å². The molecule has 1 amide bonds. The maximum absolute atomic E-state index is 12.7. The molecule has 1 aliphatic rings. The van der Waals surface area contributed by atoms with Gasteiger partial charge in [-0.15, -0.1) is 0 Å². The van der Waals surface area contributed by atoms with E-state index >= 15 is 0 Å². The topological polar surface area (TPSA) is 91.8 Å². The molecule has 2 heterocycles. The van der Waals surface area contributed by atoms with Crippen LogP contribution in [0.25, 0.3) is 0 Å². The van der Waals surface area contributed by atoms with E-state index in [0.717, 1.165) is 25.0 Å². The van der Waals surface area contributed by atoms with Crippen LogP contribution in [-0.2, 0) is 0 Å².